The summed E-state index contributed by atoms with van der Waals surface area (Å²) in [4.78, 5) is 27.9. The maximum Gasteiger partial charge on any atom is 0.261 e. The number of halogens is 3. The van der Waals surface area contributed by atoms with Gasteiger partial charge >= 0.3 is 0 Å². The Hall–Kier alpha value is -1.76. The second-order valence-electron chi connectivity index (χ2n) is 8.12. The Morgan fingerprint density at radius 2 is 1.67 bits per heavy atom. The number of rotatable bonds is 10. The molecule has 0 aromatic heterocycles. The normalized spacial score (nSPS) is 12.7. The fourth-order valence-electron chi connectivity index (χ4n) is 3.43. The van der Waals surface area contributed by atoms with E-state index in [2.05, 4.69) is 21.2 Å². The molecule has 0 bridgehead atoms. The van der Waals surface area contributed by atoms with Crippen molar-refractivity contribution in [2.24, 2.45) is 0 Å². The molecule has 0 unspecified atom stereocenters. The quantitative estimate of drug-likeness (QED) is 0.364. The molecule has 0 heterocycles. The number of amides is 2. The average Bonchev–Trinajstić information content (AvgIpc) is 2.77. The van der Waals surface area contributed by atoms with Gasteiger partial charge in [0.2, 0.25) is 5.91 Å². The van der Waals surface area contributed by atoms with Gasteiger partial charge in [-0.15, -0.1) is 0 Å². The van der Waals surface area contributed by atoms with E-state index in [1.54, 1.807) is 18.2 Å². The molecule has 180 valence electrons. The highest BCUT2D eigenvalue weighted by Crippen LogP contribution is 2.28. The molecule has 5 nitrogen and oxygen atoms in total. The van der Waals surface area contributed by atoms with Crippen LogP contribution < -0.4 is 10.1 Å². The van der Waals surface area contributed by atoms with Gasteiger partial charge in [0, 0.05) is 32.7 Å². The standard InChI is InChI=1S/C25H31BrCl2N2O3/c1-6-17(5)29-25(32)22(7-2)30(13-19-20(27)9-8-10-21(19)28)23(31)14-33-18-11-15(3)24(26)16(4)12-18/h8-12,17,22H,6-7,13-14H2,1-5H3,(H,29,32)/t17-,22-/m0/s1. The van der Waals surface area contributed by atoms with Crippen molar-refractivity contribution in [1.29, 1.82) is 0 Å². The first-order valence-electron chi connectivity index (χ1n) is 11.0. The summed E-state index contributed by atoms with van der Waals surface area (Å²) in [7, 11) is 0. The van der Waals surface area contributed by atoms with E-state index in [-0.39, 0.29) is 31.0 Å². The molecule has 2 rings (SSSR count). The van der Waals surface area contributed by atoms with Crippen molar-refractivity contribution >= 4 is 50.9 Å². The van der Waals surface area contributed by atoms with Gasteiger partial charge in [0.1, 0.15) is 11.8 Å². The van der Waals surface area contributed by atoms with Crippen molar-refractivity contribution < 1.29 is 14.3 Å². The lowest BCUT2D eigenvalue weighted by molar-refractivity contribution is -0.143. The van der Waals surface area contributed by atoms with E-state index < -0.39 is 6.04 Å². The van der Waals surface area contributed by atoms with Crippen molar-refractivity contribution in [3.63, 3.8) is 0 Å². The number of hydrogen-bond donors (Lipinski definition) is 1. The van der Waals surface area contributed by atoms with Gasteiger partial charge in [0.25, 0.3) is 5.91 Å². The van der Waals surface area contributed by atoms with Crippen LogP contribution in [0.1, 0.15) is 50.3 Å². The van der Waals surface area contributed by atoms with E-state index >= 15 is 0 Å². The Kier molecular flexibility index (Phi) is 10.5. The van der Waals surface area contributed by atoms with Crippen molar-refractivity contribution in [2.75, 3.05) is 6.61 Å². The summed E-state index contributed by atoms with van der Waals surface area (Å²) in [6, 6.07) is 8.23. The van der Waals surface area contributed by atoms with Crippen molar-refractivity contribution in [2.45, 2.75) is 66.1 Å². The van der Waals surface area contributed by atoms with Crippen molar-refractivity contribution in [3.05, 3.63) is 61.5 Å². The largest absolute Gasteiger partial charge is 0.484 e. The van der Waals surface area contributed by atoms with Crippen LogP contribution in [0.15, 0.2) is 34.8 Å². The molecule has 0 saturated carbocycles. The number of benzene rings is 2. The van der Waals surface area contributed by atoms with Gasteiger partial charge in [-0.05, 0) is 69.0 Å². The van der Waals surface area contributed by atoms with E-state index in [1.807, 2.05) is 46.8 Å². The van der Waals surface area contributed by atoms with Crippen LogP contribution in [-0.4, -0.2) is 35.4 Å². The first-order valence-corrected chi connectivity index (χ1v) is 12.6. The van der Waals surface area contributed by atoms with Crippen molar-refractivity contribution in [3.8, 4) is 5.75 Å². The van der Waals surface area contributed by atoms with Gasteiger partial charge in [-0.25, -0.2) is 0 Å². The molecule has 8 heteroatoms. The van der Waals surface area contributed by atoms with Gasteiger partial charge in [-0.2, -0.15) is 0 Å². The minimum Gasteiger partial charge on any atom is -0.484 e. The van der Waals surface area contributed by atoms with Crippen LogP contribution in [0.25, 0.3) is 0 Å². The lowest BCUT2D eigenvalue weighted by atomic mass is 10.1. The topological polar surface area (TPSA) is 58.6 Å². The molecule has 0 radical (unpaired) electrons. The molecular weight excluding hydrogens is 527 g/mol. The molecule has 2 aromatic rings. The first-order chi connectivity index (χ1) is 15.6. The zero-order valence-corrected chi connectivity index (χ0v) is 22.8. The SMILES string of the molecule is CC[C@H](C)NC(=O)[C@H](CC)N(Cc1c(Cl)cccc1Cl)C(=O)COc1cc(C)c(Br)c(C)c1. The highest BCUT2D eigenvalue weighted by molar-refractivity contribution is 9.10. The summed E-state index contributed by atoms with van der Waals surface area (Å²) in [5, 5.41) is 3.87. The second-order valence-corrected chi connectivity index (χ2v) is 9.73. The third-order valence-corrected chi connectivity index (χ3v) is 7.51. The Bertz CT molecular complexity index is 956. The number of aryl methyl sites for hydroxylation is 2. The number of carbonyl (C=O) groups excluding carboxylic acids is 2. The van der Waals surface area contributed by atoms with Crippen LogP contribution in [0.3, 0.4) is 0 Å². The fourth-order valence-corrected chi connectivity index (χ4v) is 4.18. The van der Waals surface area contributed by atoms with E-state index in [1.165, 1.54) is 4.90 Å². The molecule has 2 amide bonds. The Morgan fingerprint density at radius 1 is 1.09 bits per heavy atom. The molecule has 33 heavy (non-hydrogen) atoms. The maximum atomic E-state index is 13.4. The highest BCUT2D eigenvalue weighted by atomic mass is 79.9. The summed E-state index contributed by atoms with van der Waals surface area (Å²) in [6.45, 7) is 9.61. The fraction of sp³-hybridized carbons (Fsp3) is 0.440. The number of nitrogens with one attached hydrogen (secondary N) is 1. The predicted molar refractivity (Wildman–Crippen MR) is 138 cm³/mol. The molecule has 1 N–H and O–H groups in total. The summed E-state index contributed by atoms with van der Waals surface area (Å²) in [5.74, 6) is 0.0588. The molecule has 0 aliphatic heterocycles. The van der Waals surface area contributed by atoms with Crippen LogP contribution in [-0.2, 0) is 16.1 Å². The monoisotopic (exact) mass is 556 g/mol. The van der Waals surface area contributed by atoms with Gasteiger partial charge < -0.3 is 15.0 Å². The molecule has 2 aromatic carbocycles. The number of ether oxygens (including phenoxy) is 1. The molecular formula is C25H31BrCl2N2O3. The van der Waals surface area contributed by atoms with Crippen molar-refractivity contribution in [1.82, 2.24) is 10.2 Å². The molecule has 0 aliphatic rings. The third-order valence-electron chi connectivity index (χ3n) is 5.55. The van der Waals surface area contributed by atoms with E-state index in [0.717, 1.165) is 22.0 Å². The Labute approximate surface area is 214 Å². The highest BCUT2D eigenvalue weighted by Gasteiger charge is 2.30. The van der Waals surface area contributed by atoms with E-state index in [0.29, 0.717) is 27.8 Å². The lowest BCUT2D eigenvalue weighted by Gasteiger charge is -2.32. The van der Waals surface area contributed by atoms with Crippen LogP contribution in [0.4, 0.5) is 0 Å². The molecule has 0 fully saturated rings. The molecule has 0 saturated heterocycles. The number of hydrogen-bond acceptors (Lipinski definition) is 3. The predicted octanol–water partition coefficient (Wildman–Crippen LogP) is 6.47. The van der Waals surface area contributed by atoms with E-state index in [9.17, 15) is 9.59 Å². The second kappa shape index (κ2) is 12.6. The van der Waals surface area contributed by atoms with Crippen LogP contribution in [0.2, 0.25) is 10.0 Å². The number of nitrogens with zero attached hydrogens (tertiary/aromatic N) is 1. The number of carbonyl (C=O) groups is 2. The Balaban J connectivity index is 2.32. The van der Waals surface area contributed by atoms with Crippen LogP contribution in [0, 0.1) is 13.8 Å². The summed E-state index contributed by atoms with van der Waals surface area (Å²) >= 11 is 16.3. The minimum absolute atomic E-state index is 0.00244. The first kappa shape index (κ1) is 27.5. The summed E-state index contributed by atoms with van der Waals surface area (Å²) in [6.07, 6.45) is 1.23. The third kappa shape index (κ3) is 7.36. The lowest BCUT2D eigenvalue weighted by Crippen LogP contribution is -2.51. The van der Waals surface area contributed by atoms with Gasteiger partial charge in [-0.1, -0.05) is 59.0 Å². The minimum atomic E-state index is -0.684. The summed E-state index contributed by atoms with van der Waals surface area (Å²) < 4.78 is 6.83. The van der Waals surface area contributed by atoms with Crippen LogP contribution >= 0.6 is 39.1 Å². The van der Waals surface area contributed by atoms with Gasteiger partial charge in [-0.3, -0.25) is 9.59 Å². The maximum absolute atomic E-state index is 13.4. The smallest absolute Gasteiger partial charge is 0.261 e. The molecule has 0 aliphatic carbocycles. The molecule has 2 atom stereocenters. The molecule has 0 spiro atoms. The van der Waals surface area contributed by atoms with E-state index in [4.69, 9.17) is 27.9 Å². The summed E-state index contributed by atoms with van der Waals surface area (Å²) in [5.41, 5.74) is 2.62. The van der Waals surface area contributed by atoms with Gasteiger partial charge in [0.15, 0.2) is 6.61 Å². The Morgan fingerprint density at radius 3 is 2.18 bits per heavy atom. The van der Waals surface area contributed by atoms with Crippen LogP contribution in [0.5, 0.6) is 5.75 Å². The average molecular weight is 558 g/mol. The zero-order valence-electron chi connectivity index (χ0n) is 19.7. The van der Waals surface area contributed by atoms with Gasteiger partial charge in [0.05, 0.1) is 0 Å². The zero-order chi connectivity index (χ0) is 24.7.